The second kappa shape index (κ2) is 16.3. The molecule has 0 amide bonds. The zero-order chi connectivity index (χ0) is 9.86. The van der Waals surface area contributed by atoms with Crippen molar-refractivity contribution in [3.63, 3.8) is 0 Å². The highest BCUT2D eigenvalue weighted by Crippen LogP contribution is 1.70. The number of rotatable bonds is 0. The van der Waals surface area contributed by atoms with Gasteiger partial charge in [0, 0.05) is 18.9 Å². The molecule has 0 saturated heterocycles. The van der Waals surface area contributed by atoms with E-state index in [0.29, 0.717) is 5.08 Å². The summed E-state index contributed by atoms with van der Waals surface area (Å²) in [7, 11) is 0. The Morgan fingerprint density at radius 3 is 1.09 bits per heavy atom. The predicted octanol–water partition coefficient (Wildman–Crippen LogP) is 0.985. The smallest absolute Gasteiger partial charge is 0.300 e. The molecule has 4 nitrogen and oxygen atoms in total. The van der Waals surface area contributed by atoms with Crippen molar-refractivity contribution >= 4 is 37.2 Å². The van der Waals surface area contributed by atoms with Gasteiger partial charge < -0.3 is 10.2 Å². The lowest BCUT2D eigenvalue weighted by atomic mass is 10.9. The van der Waals surface area contributed by atoms with E-state index in [4.69, 9.17) is 19.8 Å². The largest absolute Gasteiger partial charge is 0.481 e. The molecule has 0 aliphatic heterocycles. The molecule has 0 fully saturated rings. The zero-order valence-electron chi connectivity index (χ0n) is 6.31. The van der Waals surface area contributed by atoms with Crippen molar-refractivity contribution in [2.75, 3.05) is 5.08 Å². The molecule has 6 heteroatoms. The summed E-state index contributed by atoms with van der Waals surface area (Å²) >= 11 is 7.31. The van der Waals surface area contributed by atoms with Crippen LogP contribution in [0.1, 0.15) is 13.8 Å². The quantitative estimate of drug-likeness (QED) is 0.347. The first-order valence-corrected chi connectivity index (χ1v) is 3.75. The Hall–Kier alpha value is -0.360. The van der Waals surface area contributed by atoms with Gasteiger partial charge in [0.15, 0.2) is 0 Å². The van der Waals surface area contributed by atoms with Crippen molar-refractivity contribution < 1.29 is 19.8 Å². The number of carboxylic acid groups (broad SMARTS) is 2. The minimum atomic E-state index is -0.833. The second-order valence-corrected chi connectivity index (χ2v) is 2.31. The fraction of sp³-hybridized carbons (Fsp3) is 0.600. The Morgan fingerprint density at radius 1 is 1.09 bits per heavy atom. The number of aliphatic carboxylic acids is 2. The molecule has 68 valence electrons. The SMILES string of the molecule is CC(=O)O.CC(=O)O.SCS. The summed E-state index contributed by atoms with van der Waals surface area (Å²) in [5.74, 6) is -1.67. The van der Waals surface area contributed by atoms with Crippen LogP contribution in [0.2, 0.25) is 0 Å². The van der Waals surface area contributed by atoms with Crippen LogP contribution < -0.4 is 0 Å². The fourth-order valence-corrected chi connectivity index (χ4v) is 0. The minimum Gasteiger partial charge on any atom is -0.481 e. The summed E-state index contributed by atoms with van der Waals surface area (Å²) in [6.45, 7) is 2.17. The van der Waals surface area contributed by atoms with Crippen molar-refractivity contribution in [1.82, 2.24) is 0 Å². The highest BCUT2D eigenvalue weighted by atomic mass is 32.2. The molecule has 0 radical (unpaired) electrons. The van der Waals surface area contributed by atoms with E-state index in [-0.39, 0.29) is 0 Å². The minimum absolute atomic E-state index is 0.639. The maximum Gasteiger partial charge on any atom is 0.300 e. The highest BCUT2D eigenvalue weighted by Gasteiger charge is 1.65. The summed E-state index contributed by atoms with van der Waals surface area (Å²) in [6, 6.07) is 0. The van der Waals surface area contributed by atoms with Crippen LogP contribution in [0.4, 0.5) is 0 Å². The maximum atomic E-state index is 9.00. The molecule has 2 N–H and O–H groups in total. The van der Waals surface area contributed by atoms with Crippen LogP contribution in [-0.4, -0.2) is 27.2 Å². The molecule has 0 aromatic carbocycles. The van der Waals surface area contributed by atoms with Gasteiger partial charge in [-0.2, -0.15) is 25.3 Å². The van der Waals surface area contributed by atoms with E-state index >= 15 is 0 Å². The van der Waals surface area contributed by atoms with Crippen molar-refractivity contribution in [2.45, 2.75) is 13.8 Å². The van der Waals surface area contributed by atoms with Gasteiger partial charge in [0.2, 0.25) is 0 Å². The Morgan fingerprint density at radius 2 is 1.09 bits per heavy atom. The van der Waals surface area contributed by atoms with Gasteiger partial charge in [-0.3, -0.25) is 9.59 Å². The third kappa shape index (κ3) is 4340. The first kappa shape index (κ1) is 16.9. The van der Waals surface area contributed by atoms with E-state index in [1.165, 1.54) is 0 Å². The molecule has 0 spiro atoms. The van der Waals surface area contributed by atoms with Gasteiger partial charge in [-0.05, 0) is 0 Å². The maximum absolute atomic E-state index is 9.00. The van der Waals surface area contributed by atoms with Gasteiger partial charge in [-0.15, -0.1) is 0 Å². The van der Waals surface area contributed by atoms with Gasteiger partial charge in [0.05, 0.1) is 0 Å². The van der Waals surface area contributed by atoms with Crippen LogP contribution in [0.3, 0.4) is 0 Å². The van der Waals surface area contributed by atoms with Crippen LogP contribution in [-0.2, 0) is 9.59 Å². The molecule has 0 aliphatic rings. The second-order valence-electron chi connectivity index (χ2n) is 1.18. The van der Waals surface area contributed by atoms with Gasteiger partial charge in [-0.1, -0.05) is 0 Å². The normalized spacial score (nSPS) is 6.18. The Kier molecular flexibility index (Phi) is 25.1. The Balaban J connectivity index is -0.0000000886. The molecular formula is C5H12O4S2. The number of carbonyl (C=O) groups is 2. The highest BCUT2D eigenvalue weighted by molar-refractivity contribution is 7.98. The monoisotopic (exact) mass is 200 g/mol. The molecule has 11 heavy (non-hydrogen) atoms. The third-order valence-electron chi connectivity index (χ3n) is 0. The Bertz CT molecular complexity index is 84.7. The van der Waals surface area contributed by atoms with Crippen molar-refractivity contribution in [3.05, 3.63) is 0 Å². The lowest BCUT2D eigenvalue weighted by molar-refractivity contribution is -0.135. The lowest BCUT2D eigenvalue weighted by Gasteiger charge is -1.59. The van der Waals surface area contributed by atoms with E-state index in [2.05, 4.69) is 25.3 Å². The van der Waals surface area contributed by atoms with Gasteiger partial charge in [0.25, 0.3) is 11.9 Å². The van der Waals surface area contributed by atoms with E-state index in [1.54, 1.807) is 0 Å². The average molecular weight is 200 g/mol. The first-order chi connectivity index (χ1) is 4.88. The van der Waals surface area contributed by atoms with Gasteiger partial charge in [-0.25, -0.2) is 0 Å². The topological polar surface area (TPSA) is 74.6 Å². The van der Waals surface area contributed by atoms with Crippen LogP contribution in [0.25, 0.3) is 0 Å². The molecule has 0 atom stereocenters. The summed E-state index contributed by atoms with van der Waals surface area (Å²) < 4.78 is 0. The fourth-order valence-electron chi connectivity index (χ4n) is 0. The van der Waals surface area contributed by atoms with Crippen LogP contribution in [0, 0.1) is 0 Å². The standard InChI is InChI=1S/2C2H4O2.CH4S2/c2*1-2(3)4;2-1-3/h2*1H3,(H,3,4);2-3H,1H2. The average Bonchev–Trinajstić information content (AvgIpc) is 1.60. The molecule has 0 aliphatic carbocycles. The third-order valence-corrected chi connectivity index (χ3v) is 0. The van der Waals surface area contributed by atoms with E-state index in [9.17, 15) is 0 Å². The first-order valence-electron chi connectivity index (χ1n) is 2.49. The molecule has 0 saturated carbocycles. The number of hydrogen-bond donors (Lipinski definition) is 4. The Labute approximate surface area is 76.4 Å². The van der Waals surface area contributed by atoms with Crippen molar-refractivity contribution in [3.8, 4) is 0 Å². The van der Waals surface area contributed by atoms with Crippen LogP contribution in [0.5, 0.6) is 0 Å². The molecule has 0 bridgehead atoms. The molecule has 0 unspecified atom stereocenters. The van der Waals surface area contributed by atoms with Crippen molar-refractivity contribution in [1.29, 1.82) is 0 Å². The van der Waals surface area contributed by atoms with Crippen LogP contribution >= 0.6 is 25.3 Å². The van der Waals surface area contributed by atoms with E-state index in [0.717, 1.165) is 13.8 Å². The number of hydrogen-bond acceptors (Lipinski definition) is 4. The van der Waals surface area contributed by atoms with Crippen LogP contribution in [0.15, 0.2) is 0 Å². The predicted molar refractivity (Wildman–Crippen MR) is 49.5 cm³/mol. The van der Waals surface area contributed by atoms with Gasteiger partial charge >= 0.3 is 0 Å². The lowest BCUT2D eigenvalue weighted by Crippen LogP contribution is -1.78. The van der Waals surface area contributed by atoms with E-state index < -0.39 is 11.9 Å². The molecule has 0 aromatic rings. The zero-order valence-corrected chi connectivity index (χ0v) is 8.10. The summed E-state index contributed by atoms with van der Waals surface area (Å²) in [5, 5.41) is 15.5. The number of thiol groups is 2. The van der Waals surface area contributed by atoms with Crippen molar-refractivity contribution in [2.24, 2.45) is 0 Å². The molecule has 0 rings (SSSR count). The molecule has 0 aromatic heterocycles. The van der Waals surface area contributed by atoms with Gasteiger partial charge in [0.1, 0.15) is 0 Å². The van der Waals surface area contributed by atoms with E-state index in [1.807, 2.05) is 0 Å². The summed E-state index contributed by atoms with van der Waals surface area (Å²) in [5.41, 5.74) is 0. The molecule has 0 heterocycles. The summed E-state index contributed by atoms with van der Waals surface area (Å²) in [6.07, 6.45) is 0. The number of carboxylic acids is 2. The molecular weight excluding hydrogens is 188 g/mol. The summed E-state index contributed by atoms with van der Waals surface area (Å²) in [4.78, 5) is 18.0.